The van der Waals surface area contributed by atoms with E-state index in [0.717, 1.165) is 46.8 Å². The summed E-state index contributed by atoms with van der Waals surface area (Å²) in [6, 6.07) is 16.8. The molecule has 0 aliphatic carbocycles. The van der Waals surface area contributed by atoms with Crippen LogP contribution in [0.2, 0.25) is 0 Å². The summed E-state index contributed by atoms with van der Waals surface area (Å²) >= 11 is 2.67. The van der Waals surface area contributed by atoms with Crippen molar-refractivity contribution in [3.63, 3.8) is 0 Å². The zero-order valence-electron chi connectivity index (χ0n) is 20.3. The molecular weight excluding hydrogens is 573 g/mol. The van der Waals surface area contributed by atoms with Crippen LogP contribution in [0.4, 0.5) is 10.3 Å². The van der Waals surface area contributed by atoms with Gasteiger partial charge < -0.3 is 11.5 Å². The number of nitrogens with two attached hydrogens (primary N) is 2. The molecule has 0 unspecified atom stereocenters. The zero-order chi connectivity index (χ0) is 25.3. The molecule has 2 aromatic heterocycles. The molecule has 14 heteroatoms. The summed E-state index contributed by atoms with van der Waals surface area (Å²) in [4.78, 5) is 24.8. The van der Waals surface area contributed by atoms with E-state index in [-0.39, 0.29) is 46.2 Å². The predicted octanol–water partition coefficient (Wildman–Crippen LogP) is 4.09. The van der Waals surface area contributed by atoms with Crippen LogP contribution >= 0.6 is 49.7 Å². The van der Waals surface area contributed by atoms with Crippen LogP contribution in [0.15, 0.2) is 60.7 Å². The second-order valence-corrected chi connectivity index (χ2v) is 10.1. The van der Waals surface area contributed by atoms with Gasteiger partial charge in [-0.2, -0.15) is 27.0 Å². The van der Waals surface area contributed by atoms with E-state index in [2.05, 4.69) is 31.0 Å². The summed E-state index contributed by atoms with van der Waals surface area (Å²) in [5.74, 6) is -0.652. The molecule has 0 aliphatic heterocycles. The van der Waals surface area contributed by atoms with Crippen molar-refractivity contribution in [2.75, 3.05) is 10.6 Å². The molecule has 0 radical (unpaired) electrons. The van der Waals surface area contributed by atoms with Gasteiger partial charge in [-0.3, -0.25) is 20.2 Å². The fourth-order valence-corrected chi connectivity index (χ4v) is 4.92. The lowest BCUT2D eigenvalue weighted by atomic mass is 10.1. The Labute approximate surface area is 249 Å². The van der Waals surface area contributed by atoms with Crippen molar-refractivity contribution >= 4 is 71.7 Å². The number of unbranched alkanes of at least 4 members (excludes halogenated alkanes) is 1. The molecule has 4 rings (SSSR count). The van der Waals surface area contributed by atoms with Crippen molar-refractivity contribution in [2.45, 2.75) is 45.2 Å². The first kappa shape index (κ1) is 34.1. The molecule has 4 aromatic rings. The number of rotatable bonds is 11. The second kappa shape index (κ2) is 16.9. The minimum Gasteiger partial charge on any atom is -0.316 e. The molecule has 10 nitrogen and oxygen atoms in total. The van der Waals surface area contributed by atoms with Crippen LogP contribution in [-0.2, 0) is 22.4 Å². The van der Waals surface area contributed by atoms with Crippen molar-refractivity contribution in [3.05, 3.63) is 81.8 Å². The van der Waals surface area contributed by atoms with Crippen LogP contribution in [-0.4, -0.2) is 32.2 Å². The highest BCUT2D eigenvalue weighted by atomic mass is 32.1. The van der Waals surface area contributed by atoms with E-state index in [0.29, 0.717) is 10.3 Å². The fourth-order valence-electron chi connectivity index (χ4n) is 3.35. The van der Waals surface area contributed by atoms with E-state index < -0.39 is 12.1 Å². The first-order valence-electron chi connectivity index (χ1n) is 11.4. The van der Waals surface area contributed by atoms with E-state index in [1.54, 1.807) is 0 Å². The van der Waals surface area contributed by atoms with Crippen LogP contribution < -0.4 is 22.1 Å². The number of nitrogens with zero attached hydrogens (tertiary/aromatic N) is 4. The van der Waals surface area contributed by atoms with Gasteiger partial charge in [-0.05, 0) is 24.0 Å². The zero-order valence-corrected chi connectivity index (χ0v) is 24.0. The average molecular weight is 607 g/mol. The van der Waals surface area contributed by atoms with Crippen molar-refractivity contribution in [3.8, 4) is 0 Å². The van der Waals surface area contributed by atoms with E-state index in [1.165, 1.54) is 22.7 Å². The number of benzene rings is 2. The lowest BCUT2D eigenvalue weighted by Crippen LogP contribution is -2.27. The van der Waals surface area contributed by atoms with E-state index in [4.69, 9.17) is 11.5 Å². The number of carbonyl (C=O) groups is 2. The Morgan fingerprint density at radius 2 is 1.03 bits per heavy atom. The molecule has 2 aromatic carbocycles. The normalized spacial score (nSPS) is 11.6. The third-order valence-corrected chi connectivity index (χ3v) is 7.10. The Morgan fingerprint density at radius 3 is 1.38 bits per heavy atom. The number of carbonyl (C=O) groups excluding carboxylic acids is 2. The maximum atomic E-state index is 12.4. The summed E-state index contributed by atoms with van der Waals surface area (Å²) in [6.45, 7) is 0. The van der Waals surface area contributed by atoms with E-state index in [1.807, 2.05) is 60.7 Å². The molecular formula is C25H34N8O2S4. The van der Waals surface area contributed by atoms with Gasteiger partial charge in [-0.15, -0.1) is 20.4 Å². The summed E-state index contributed by atoms with van der Waals surface area (Å²) in [5, 5.41) is 24.4. The van der Waals surface area contributed by atoms with Crippen molar-refractivity contribution in [2.24, 2.45) is 11.5 Å². The third-order valence-electron chi connectivity index (χ3n) is 5.31. The number of amides is 2. The molecule has 2 atom stereocenters. The highest BCUT2D eigenvalue weighted by Gasteiger charge is 2.18. The van der Waals surface area contributed by atoms with Crippen LogP contribution in [0.5, 0.6) is 0 Å². The van der Waals surface area contributed by atoms with Crippen molar-refractivity contribution in [1.82, 2.24) is 20.4 Å². The van der Waals surface area contributed by atoms with E-state index >= 15 is 0 Å². The first-order valence-corrected chi connectivity index (χ1v) is 13.0. The summed E-state index contributed by atoms with van der Waals surface area (Å²) in [6.07, 6.45) is 3.19. The molecule has 6 N–H and O–H groups in total. The number of nitrogens with one attached hydrogen (secondary N) is 2. The van der Waals surface area contributed by atoms with Gasteiger partial charge in [-0.25, -0.2) is 0 Å². The average Bonchev–Trinajstić information content (AvgIpc) is 3.55. The largest absolute Gasteiger partial charge is 0.316 e. The van der Waals surface area contributed by atoms with Gasteiger partial charge in [0, 0.05) is 12.8 Å². The topological polar surface area (TPSA) is 162 Å². The highest BCUT2D eigenvalue weighted by molar-refractivity contribution is 7.59. The number of hydrogen-bond donors (Lipinski definition) is 4. The molecule has 0 aliphatic rings. The van der Waals surface area contributed by atoms with Gasteiger partial charge in [0.2, 0.25) is 22.1 Å². The SMILES string of the molecule is C.N[C@H](C(=O)Nc1nnc(CCCCc2nnc(NC(=O)[C@@H](N)c3ccccc3)s2)s1)c1ccccc1.S.S. The minimum atomic E-state index is -0.769. The molecule has 39 heavy (non-hydrogen) atoms. The van der Waals surface area contributed by atoms with Gasteiger partial charge in [0.1, 0.15) is 22.1 Å². The maximum absolute atomic E-state index is 12.4. The second-order valence-electron chi connectivity index (χ2n) is 7.96. The lowest BCUT2D eigenvalue weighted by Gasteiger charge is -2.10. The Morgan fingerprint density at radius 1 is 0.667 bits per heavy atom. The number of anilines is 2. The summed E-state index contributed by atoms with van der Waals surface area (Å²) in [7, 11) is 0. The predicted molar refractivity (Wildman–Crippen MR) is 168 cm³/mol. The van der Waals surface area contributed by atoms with Crippen LogP contribution in [0.3, 0.4) is 0 Å². The summed E-state index contributed by atoms with van der Waals surface area (Å²) in [5.41, 5.74) is 13.5. The number of hydrogen-bond acceptors (Lipinski definition) is 10. The van der Waals surface area contributed by atoms with Crippen molar-refractivity contribution in [1.29, 1.82) is 0 Å². The Kier molecular flexibility index (Phi) is 14.8. The van der Waals surface area contributed by atoms with E-state index in [9.17, 15) is 9.59 Å². The molecule has 0 spiro atoms. The van der Waals surface area contributed by atoms with Gasteiger partial charge in [0.15, 0.2) is 0 Å². The van der Waals surface area contributed by atoms with Gasteiger partial charge in [-0.1, -0.05) is 90.8 Å². The molecule has 0 bridgehead atoms. The minimum absolute atomic E-state index is 0. The Hall–Kier alpha value is -2.88. The van der Waals surface area contributed by atoms with Gasteiger partial charge >= 0.3 is 0 Å². The fraction of sp³-hybridized carbons (Fsp3) is 0.280. The number of aryl methyl sites for hydroxylation is 2. The van der Waals surface area contributed by atoms with Crippen LogP contribution in [0, 0.1) is 0 Å². The quantitative estimate of drug-likeness (QED) is 0.186. The van der Waals surface area contributed by atoms with Crippen molar-refractivity contribution < 1.29 is 9.59 Å². The molecule has 0 saturated heterocycles. The first-order chi connectivity index (χ1) is 17.5. The van der Waals surface area contributed by atoms with Gasteiger partial charge in [0.25, 0.3) is 0 Å². The number of aromatic nitrogens is 4. The maximum Gasteiger partial charge on any atom is 0.247 e. The molecule has 0 saturated carbocycles. The Balaban J connectivity index is 0.00000253. The summed E-state index contributed by atoms with van der Waals surface area (Å²) < 4.78 is 0. The molecule has 2 heterocycles. The van der Waals surface area contributed by atoms with Crippen LogP contribution in [0.25, 0.3) is 0 Å². The standard InChI is InChI=1S/C24H26N8O2S2.CH4.2H2S/c25-19(15-9-3-1-4-10-15)21(33)27-23-31-29-17(35-23)13-7-8-14-18-30-32-24(36-18)28-22(34)20(26)16-11-5-2-6-12-16;;;/h1-6,9-12,19-20H,7-8,13-14,25-26H2,(H,27,31,33)(H,28,32,34);1H4;2*1H2/t19-,20-;;;/m0.../s1. The van der Waals surface area contributed by atoms with Gasteiger partial charge in [0.05, 0.1) is 0 Å². The monoisotopic (exact) mass is 606 g/mol. The highest BCUT2D eigenvalue weighted by Crippen LogP contribution is 2.22. The molecule has 2 amide bonds. The third kappa shape index (κ3) is 9.98. The molecule has 210 valence electrons. The smallest absolute Gasteiger partial charge is 0.247 e. The molecule has 0 fully saturated rings. The Bertz CT molecular complexity index is 1190. The van der Waals surface area contributed by atoms with Crippen LogP contribution in [0.1, 0.15) is 53.5 Å². The lowest BCUT2D eigenvalue weighted by molar-refractivity contribution is -0.118.